The van der Waals surface area contributed by atoms with Crippen LogP contribution < -0.4 is 11.1 Å². The van der Waals surface area contributed by atoms with Gasteiger partial charge in [-0.05, 0) is 31.7 Å². The summed E-state index contributed by atoms with van der Waals surface area (Å²) in [5.74, 6) is 0.215. The molecule has 1 heterocycles. The van der Waals surface area contributed by atoms with Crippen molar-refractivity contribution in [3.05, 3.63) is 17.5 Å². The summed E-state index contributed by atoms with van der Waals surface area (Å²) in [5.41, 5.74) is 7.76. The van der Waals surface area contributed by atoms with Crippen LogP contribution in [-0.4, -0.2) is 21.9 Å². The van der Waals surface area contributed by atoms with E-state index in [0.717, 1.165) is 17.8 Å². The van der Waals surface area contributed by atoms with E-state index in [-0.39, 0.29) is 23.8 Å². The number of aryl methyl sites for hydroxylation is 2. The van der Waals surface area contributed by atoms with E-state index in [2.05, 4.69) is 36.1 Å². The average Bonchev–Trinajstić information content (AvgIpc) is 2.10. The van der Waals surface area contributed by atoms with Crippen LogP contribution in [0.15, 0.2) is 6.07 Å². The second kappa shape index (κ2) is 6.10. The van der Waals surface area contributed by atoms with Crippen molar-refractivity contribution in [2.75, 3.05) is 5.32 Å². The van der Waals surface area contributed by atoms with Crippen LogP contribution in [0.25, 0.3) is 0 Å². The highest BCUT2D eigenvalue weighted by Crippen LogP contribution is 2.21. The van der Waals surface area contributed by atoms with Crippen molar-refractivity contribution in [1.82, 2.24) is 9.97 Å². The largest absolute Gasteiger partial charge is 0.327 e. The first-order valence-electron chi connectivity index (χ1n) is 6.53. The lowest BCUT2D eigenvalue weighted by molar-refractivity contribution is -0.116. The molecule has 5 nitrogen and oxygen atoms in total. The number of hydrogen-bond donors (Lipinski definition) is 2. The molecule has 0 fully saturated rings. The van der Waals surface area contributed by atoms with Gasteiger partial charge in [0.25, 0.3) is 0 Å². The van der Waals surface area contributed by atoms with Crippen LogP contribution in [0, 0.1) is 19.3 Å². The van der Waals surface area contributed by atoms with Crippen LogP contribution in [0.3, 0.4) is 0 Å². The molecule has 0 aliphatic rings. The van der Waals surface area contributed by atoms with Crippen LogP contribution in [0.2, 0.25) is 0 Å². The number of anilines is 1. The predicted molar refractivity (Wildman–Crippen MR) is 76.8 cm³/mol. The molecule has 0 saturated heterocycles. The summed E-state index contributed by atoms with van der Waals surface area (Å²) in [4.78, 5) is 20.2. The topological polar surface area (TPSA) is 80.9 Å². The van der Waals surface area contributed by atoms with E-state index in [4.69, 9.17) is 5.73 Å². The first kappa shape index (κ1) is 15.6. The summed E-state index contributed by atoms with van der Waals surface area (Å²) >= 11 is 0. The lowest BCUT2D eigenvalue weighted by Crippen LogP contribution is -2.31. The zero-order chi connectivity index (χ0) is 14.6. The minimum absolute atomic E-state index is 0.121. The molecular formula is C14H24N4O. The molecule has 3 N–H and O–H groups in total. The Bertz CT molecular complexity index is 431. The average molecular weight is 264 g/mol. The SMILES string of the molecule is Cc1cc(C)nc(NC(=O)CC(N)CC(C)(C)C)n1. The third kappa shape index (κ3) is 6.29. The molecule has 0 spiro atoms. The van der Waals surface area contributed by atoms with E-state index in [1.54, 1.807) is 0 Å². The Kier molecular flexibility index (Phi) is 5.00. The highest BCUT2D eigenvalue weighted by molar-refractivity contribution is 5.89. The van der Waals surface area contributed by atoms with Gasteiger partial charge >= 0.3 is 0 Å². The molecule has 106 valence electrons. The second-order valence-corrected chi connectivity index (χ2v) is 6.25. The molecule has 1 aromatic rings. The summed E-state index contributed by atoms with van der Waals surface area (Å²) in [7, 11) is 0. The van der Waals surface area contributed by atoms with Crippen molar-refractivity contribution in [3.63, 3.8) is 0 Å². The minimum atomic E-state index is -0.147. The maximum Gasteiger partial charge on any atom is 0.229 e. The van der Waals surface area contributed by atoms with Crippen LogP contribution in [0.5, 0.6) is 0 Å². The highest BCUT2D eigenvalue weighted by atomic mass is 16.1. The molecule has 0 aromatic carbocycles. The summed E-state index contributed by atoms with van der Waals surface area (Å²) in [6, 6.07) is 1.71. The molecule has 1 unspecified atom stereocenters. The van der Waals surface area contributed by atoms with Crippen LogP contribution >= 0.6 is 0 Å². The fraction of sp³-hybridized carbons (Fsp3) is 0.643. The molecule has 1 aromatic heterocycles. The Labute approximate surface area is 115 Å². The number of nitrogens with zero attached hydrogens (tertiary/aromatic N) is 2. The van der Waals surface area contributed by atoms with Crippen molar-refractivity contribution in [1.29, 1.82) is 0 Å². The Hall–Kier alpha value is -1.49. The Balaban J connectivity index is 2.55. The Morgan fingerprint density at radius 2 is 1.84 bits per heavy atom. The van der Waals surface area contributed by atoms with E-state index in [9.17, 15) is 4.79 Å². The Morgan fingerprint density at radius 3 is 2.32 bits per heavy atom. The molecule has 1 atom stereocenters. The van der Waals surface area contributed by atoms with Crippen LogP contribution in [0.1, 0.15) is 45.0 Å². The number of hydrogen-bond acceptors (Lipinski definition) is 4. The van der Waals surface area contributed by atoms with Crippen LogP contribution in [-0.2, 0) is 4.79 Å². The van der Waals surface area contributed by atoms with Crippen molar-refractivity contribution in [3.8, 4) is 0 Å². The molecule has 0 aliphatic carbocycles. The van der Waals surface area contributed by atoms with Gasteiger partial charge in [-0.2, -0.15) is 0 Å². The molecule has 1 rings (SSSR count). The maximum atomic E-state index is 11.9. The summed E-state index contributed by atoms with van der Waals surface area (Å²) in [6.07, 6.45) is 1.09. The maximum absolute atomic E-state index is 11.9. The van der Waals surface area contributed by atoms with Crippen molar-refractivity contribution >= 4 is 11.9 Å². The Morgan fingerprint density at radius 1 is 1.32 bits per heavy atom. The molecule has 1 amide bonds. The predicted octanol–water partition coefficient (Wildman–Crippen LogP) is 2.19. The van der Waals surface area contributed by atoms with E-state index in [1.165, 1.54) is 0 Å². The quantitative estimate of drug-likeness (QED) is 0.873. The van der Waals surface area contributed by atoms with Gasteiger partial charge in [0.15, 0.2) is 0 Å². The van der Waals surface area contributed by atoms with Gasteiger partial charge in [0.05, 0.1) is 0 Å². The van der Waals surface area contributed by atoms with Crippen molar-refractivity contribution in [2.24, 2.45) is 11.1 Å². The number of nitrogens with one attached hydrogen (secondary N) is 1. The normalized spacial score (nSPS) is 13.2. The standard InChI is InChI=1S/C14H24N4O/c1-9-6-10(2)17-13(16-9)18-12(19)7-11(15)8-14(3,4)5/h6,11H,7-8,15H2,1-5H3,(H,16,17,18,19). The van der Waals surface area contributed by atoms with Gasteiger partial charge in [-0.1, -0.05) is 20.8 Å². The highest BCUT2D eigenvalue weighted by Gasteiger charge is 2.18. The molecule has 0 saturated carbocycles. The number of carbonyl (C=O) groups is 1. The van der Waals surface area contributed by atoms with Crippen molar-refractivity contribution in [2.45, 2.75) is 53.5 Å². The molecular weight excluding hydrogens is 240 g/mol. The molecule has 5 heteroatoms. The van der Waals surface area contributed by atoms with E-state index in [1.807, 2.05) is 19.9 Å². The third-order valence-corrected chi connectivity index (χ3v) is 2.56. The van der Waals surface area contributed by atoms with Gasteiger partial charge in [-0.15, -0.1) is 0 Å². The third-order valence-electron chi connectivity index (χ3n) is 2.56. The number of amides is 1. The summed E-state index contributed by atoms with van der Waals surface area (Å²) < 4.78 is 0. The fourth-order valence-electron chi connectivity index (χ4n) is 2.05. The number of nitrogens with two attached hydrogens (primary N) is 1. The van der Waals surface area contributed by atoms with Gasteiger partial charge in [0, 0.05) is 23.9 Å². The molecule has 0 radical (unpaired) electrons. The first-order valence-corrected chi connectivity index (χ1v) is 6.53. The van der Waals surface area contributed by atoms with Gasteiger partial charge in [0.1, 0.15) is 0 Å². The number of carbonyl (C=O) groups excluding carboxylic acids is 1. The number of rotatable bonds is 4. The summed E-state index contributed by atoms with van der Waals surface area (Å²) in [5, 5.41) is 2.70. The first-order chi connectivity index (χ1) is 8.65. The van der Waals surface area contributed by atoms with Gasteiger partial charge in [0.2, 0.25) is 11.9 Å². The van der Waals surface area contributed by atoms with E-state index < -0.39 is 0 Å². The van der Waals surface area contributed by atoms with Gasteiger partial charge in [-0.3, -0.25) is 10.1 Å². The van der Waals surface area contributed by atoms with E-state index in [0.29, 0.717) is 5.95 Å². The van der Waals surface area contributed by atoms with Crippen LogP contribution in [0.4, 0.5) is 5.95 Å². The molecule has 19 heavy (non-hydrogen) atoms. The molecule has 0 bridgehead atoms. The lowest BCUT2D eigenvalue weighted by Gasteiger charge is -2.22. The zero-order valence-electron chi connectivity index (χ0n) is 12.4. The zero-order valence-corrected chi connectivity index (χ0v) is 12.4. The number of aromatic nitrogens is 2. The smallest absolute Gasteiger partial charge is 0.229 e. The lowest BCUT2D eigenvalue weighted by atomic mass is 9.87. The minimum Gasteiger partial charge on any atom is -0.327 e. The monoisotopic (exact) mass is 264 g/mol. The fourth-order valence-corrected chi connectivity index (χ4v) is 2.05. The van der Waals surface area contributed by atoms with Crippen molar-refractivity contribution < 1.29 is 4.79 Å². The van der Waals surface area contributed by atoms with Gasteiger partial charge in [-0.25, -0.2) is 9.97 Å². The summed E-state index contributed by atoms with van der Waals surface area (Å²) in [6.45, 7) is 10.1. The second-order valence-electron chi connectivity index (χ2n) is 6.25. The molecule has 0 aliphatic heterocycles. The van der Waals surface area contributed by atoms with E-state index >= 15 is 0 Å². The van der Waals surface area contributed by atoms with Gasteiger partial charge < -0.3 is 5.73 Å².